The summed E-state index contributed by atoms with van der Waals surface area (Å²) in [5.41, 5.74) is -1.56. The quantitative estimate of drug-likeness (QED) is 0.243. The fraction of sp³-hybridized carbons (Fsp3) is 0.821. The van der Waals surface area contributed by atoms with Gasteiger partial charge in [-0.25, -0.2) is 0 Å². The second-order valence-corrected chi connectivity index (χ2v) is 29.6. The zero-order chi connectivity index (χ0) is 70.7. The predicted molar refractivity (Wildman–Crippen MR) is 349 cm³/mol. The fourth-order valence-electron chi connectivity index (χ4n) is 14.5. The Morgan fingerprint density at radius 1 is 0.611 bits per heavy atom. The number of hydrogen-bond acceptors (Lipinski definition) is 12. The molecule has 11 atom stereocenters. The molecule has 12 amide bonds. The van der Waals surface area contributed by atoms with Gasteiger partial charge in [-0.1, -0.05) is 73.6 Å². The molecule has 3 heterocycles. The maximum Gasteiger partial charge on any atom is 0.393 e. The Morgan fingerprint density at radius 2 is 1.21 bits per heavy atom. The topological polar surface area (TPSA) is 270 Å². The molecule has 3 unspecified atom stereocenters. The lowest BCUT2D eigenvalue weighted by atomic mass is 9.78. The molecule has 0 aromatic rings. The van der Waals surface area contributed by atoms with Gasteiger partial charge in [0.05, 0.1) is 32.0 Å². The molecule has 6 fully saturated rings. The van der Waals surface area contributed by atoms with E-state index >= 15 is 14.4 Å². The zero-order valence-corrected chi connectivity index (χ0v) is 59.2. The first kappa shape index (κ1) is 77.7. The van der Waals surface area contributed by atoms with Crippen molar-refractivity contribution in [1.29, 1.82) is 0 Å². The van der Waals surface area contributed by atoms with Gasteiger partial charge in [-0.2, -0.15) is 13.2 Å². The summed E-state index contributed by atoms with van der Waals surface area (Å²) in [6.07, 6.45) is 1.46. The monoisotopic (exact) mass is 1360 g/mol. The lowest BCUT2D eigenvalue weighted by Gasteiger charge is -2.42. The van der Waals surface area contributed by atoms with Crippen molar-refractivity contribution >= 4 is 82.5 Å². The molecule has 28 heteroatoms. The molecule has 6 rings (SSSR count). The highest BCUT2D eigenvalue weighted by Gasteiger charge is 2.52. The van der Waals surface area contributed by atoms with Crippen LogP contribution in [0.3, 0.4) is 0 Å². The smallest absolute Gasteiger partial charge is 0.343 e. The van der Waals surface area contributed by atoms with Crippen molar-refractivity contribution in [2.75, 3.05) is 88.6 Å². The van der Waals surface area contributed by atoms with Gasteiger partial charge in [-0.3, -0.25) is 57.5 Å². The zero-order valence-electron chi connectivity index (χ0n) is 58.4. The number of amides is 12. The SMILES string of the molecule is CC[C@H](C)[C@@H]1NC(=O)[C@H](CC(C)C)N(C)C(=O)C[C@@H](C(=O)N2CCCCC2)N(C)C(=O)[C@H](C(C)C)N(C)C(=O)C2(CCCC2)NC(=O)[C@@H]2CCCN2C(=O)[C@H](CCC2CCC(C(F)(F)F)C(Cl)C2)NC(=O)CN(C)C(=O)[C@H](CC2CC2)N(C)C(=O)CN(C)C(=O)CN(C)C1=O. The lowest BCUT2D eigenvalue weighted by molar-refractivity contribution is -0.182. The van der Waals surface area contributed by atoms with Crippen molar-refractivity contribution in [2.45, 2.75) is 229 Å². The minimum absolute atomic E-state index is 0.000793. The van der Waals surface area contributed by atoms with E-state index in [1.165, 1.54) is 73.8 Å². The summed E-state index contributed by atoms with van der Waals surface area (Å²) in [7, 11) is 9.84. The Morgan fingerprint density at radius 3 is 1.79 bits per heavy atom. The highest BCUT2D eigenvalue weighted by Crippen LogP contribution is 2.44. The summed E-state index contributed by atoms with van der Waals surface area (Å²) in [6, 6.07) is -8.60. The Bertz CT molecular complexity index is 2780. The molecule has 95 heavy (non-hydrogen) atoms. The van der Waals surface area contributed by atoms with E-state index in [0.717, 1.165) is 34.0 Å². The highest BCUT2D eigenvalue weighted by atomic mass is 35.5. The number of likely N-dealkylation sites (tertiary alicyclic amines) is 1. The van der Waals surface area contributed by atoms with E-state index in [1.54, 1.807) is 25.7 Å². The Balaban J connectivity index is 1.39. The summed E-state index contributed by atoms with van der Waals surface area (Å²) in [5.74, 6) is -10.9. The van der Waals surface area contributed by atoms with Gasteiger partial charge in [-0.15, -0.1) is 11.6 Å². The van der Waals surface area contributed by atoms with Gasteiger partial charge < -0.3 is 60.0 Å². The van der Waals surface area contributed by atoms with Crippen molar-refractivity contribution < 1.29 is 70.7 Å². The Kier molecular flexibility index (Phi) is 27.6. The van der Waals surface area contributed by atoms with Crippen LogP contribution in [0.5, 0.6) is 0 Å². The number of alkyl halides is 4. The number of piperidine rings is 1. The molecule has 0 aromatic heterocycles. The maximum atomic E-state index is 15.4. The molecular weight excluding hydrogens is 1260 g/mol. The molecule has 3 aliphatic heterocycles. The van der Waals surface area contributed by atoms with E-state index in [-0.39, 0.29) is 88.5 Å². The Hall–Kier alpha value is -6.28. The van der Waals surface area contributed by atoms with Crippen LogP contribution in [-0.4, -0.2) is 263 Å². The summed E-state index contributed by atoms with van der Waals surface area (Å²) in [5, 5.41) is 7.49. The van der Waals surface area contributed by atoms with Crippen LogP contribution in [0.15, 0.2) is 0 Å². The van der Waals surface area contributed by atoms with Crippen molar-refractivity contribution in [1.82, 2.24) is 60.0 Å². The number of rotatable bonds is 11. The normalized spacial score (nSPS) is 29.6. The van der Waals surface area contributed by atoms with Gasteiger partial charge >= 0.3 is 6.18 Å². The van der Waals surface area contributed by atoms with Gasteiger partial charge in [0.2, 0.25) is 70.9 Å². The van der Waals surface area contributed by atoms with Crippen LogP contribution in [-0.2, 0) is 57.5 Å². The number of carbonyl (C=O) groups is 12. The standard InChI is InChI=1S/C67H108ClF3N12O12/c1-14-42(6)56-63(93)77(9)38-54(86)75(7)39-55(87)79(11)50(35-44-22-23-44)61(91)76(8)37-52(84)72-47(27-25-43-24-26-45(46(68)34-43)67(69,70)71)60(90)83-32-20-21-48(83)59(89)74-66(28-16-17-29-66)65(95)81(13)57(41(4)5)64(94)80(12)51(62(92)82-30-18-15-19-31-82)36-53(85)78(10)49(33-40(2)3)58(88)73-56/h40-51,56-57H,14-39H2,1-13H3,(H,72,84)(H,73,88)(H,74,89)/t42-,43?,45?,46?,47-,48-,49-,50-,51-,56-,57-/m0/s1. The third-order valence-corrected chi connectivity index (χ3v) is 21.4. The van der Waals surface area contributed by atoms with Gasteiger partial charge in [-0.05, 0) is 119 Å². The van der Waals surface area contributed by atoms with Crippen molar-refractivity contribution in [3.8, 4) is 0 Å². The average Bonchev–Trinajstić information content (AvgIpc) is 1.76. The molecule has 0 aromatic carbocycles. The van der Waals surface area contributed by atoms with Crippen LogP contribution < -0.4 is 16.0 Å². The van der Waals surface area contributed by atoms with E-state index in [4.69, 9.17) is 11.6 Å². The van der Waals surface area contributed by atoms with E-state index in [0.29, 0.717) is 51.6 Å². The minimum Gasteiger partial charge on any atom is -0.343 e. The molecule has 6 aliphatic rings. The van der Waals surface area contributed by atoms with E-state index in [2.05, 4.69) is 16.0 Å². The number of nitrogens with one attached hydrogen (secondary N) is 3. The van der Waals surface area contributed by atoms with Crippen molar-refractivity contribution in [3.05, 3.63) is 0 Å². The lowest BCUT2D eigenvalue weighted by Crippen LogP contribution is -2.65. The molecule has 3 saturated heterocycles. The largest absolute Gasteiger partial charge is 0.393 e. The molecule has 24 nitrogen and oxygen atoms in total. The summed E-state index contributed by atoms with van der Waals surface area (Å²) in [6.45, 7) is 9.96. The number of halogens is 4. The molecule has 536 valence electrons. The van der Waals surface area contributed by atoms with E-state index in [1.807, 2.05) is 20.8 Å². The predicted octanol–water partition coefficient (Wildman–Crippen LogP) is 4.39. The van der Waals surface area contributed by atoms with Crippen LogP contribution in [0.2, 0.25) is 0 Å². The first-order valence-electron chi connectivity index (χ1n) is 34.5. The molecule has 0 radical (unpaired) electrons. The molecule has 0 bridgehead atoms. The van der Waals surface area contributed by atoms with Crippen LogP contribution in [0.4, 0.5) is 13.2 Å². The minimum atomic E-state index is -4.50. The molecule has 1 spiro atoms. The third kappa shape index (κ3) is 19.7. The van der Waals surface area contributed by atoms with E-state index in [9.17, 15) is 56.3 Å². The van der Waals surface area contributed by atoms with Gasteiger partial charge in [0, 0.05) is 74.3 Å². The van der Waals surface area contributed by atoms with Crippen LogP contribution in [0, 0.1) is 35.5 Å². The van der Waals surface area contributed by atoms with Gasteiger partial charge in [0.25, 0.3) is 0 Å². The summed E-state index contributed by atoms with van der Waals surface area (Å²) < 4.78 is 41.8. The van der Waals surface area contributed by atoms with Crippen LogP contribution >= 0.6 is 11.6 Å². The second kappa shape index (κ2) is 33.8. The van der Waals surface area contributed by atoms with Crippen molar-refractivity contribution in [3.63, 3.8) is 0 Å². The maximum absolute atomic E-state index is 15.4. The van der Waals surface area contributed by atoms with Crippen LogP contribution in [0.25, 0.3) is 0 Å². The van der Waals surface area contributed by atoms with E-state index < -0.39 is 174 Å². The summed E-state index contributed by atoms with van der Waals surface area (Å²) >= 11 is 6.36. The fourth-order valence-corrected chi connectivity index (χ4v) is 15.0. The number of hydrogen-bond donors (Lipinski definition) is 3. The number of fused-ring (bicyclic) bond motifs is 1. The van der Waals surface area contributed by atoms with Crippen LogP contribution in [0.1, 0.15) is 170 Å². The Labute approximate surface area is 564 Å². The number of carbonyl (C=O) groups excluding carboxylic acids is 12. The molecule has 3 N–H and O–H groups in total. The van der Waals surface area contributed by atoms with Gasteiger partial charge in [0.15, 0.2) is 0 Å². The van der Waals surface area contributed by atoms with Crippen molar-refractivity contribution in [2.24, 2.45) is 35.5 Å². The first-order chi connectivity index (χ1) is 44.5. The second-order valence-electron chi connectivity index (χ2n) is 29.0. The third-order valence-electron chi connectivity index (χ3n) is 21.0. The van der Waals surface area contributed by atoms with Gasteiger partial charge in [0.1, 0.15) is 47.8 Å². The first-order valence-corrected chi connectivity index (χ1v) is 35.0. The molecule has 3 aliphatic carbocycles. The number of likely N-dealkylation sites (N-methyl/N-ethyl adjacent to an activating group) is 7. The number of nitrogens with zero attached hydrogens (tertiary/aromatic N) is 9. The average molecular weight is 1370 g/mol. The highest BCUT2D eigenvalue weighted by molar-refractivity contribution is 6.20. The summed E-state index contributed by atoms with van der Waals surface area (Å²) in [4.78, 5) is 188. The molecule has 3 saturated carbocycles. The molecular formula is C67H108ClF3N12O12.